The molecule has 0 aliphatic carbocycles. The Kier molecular flexibility index (Phi) is 6.48. The smallest absolute Gasteiger partial charge is 0.247 e. The second-order valence-electron chi connectivity index (χ2n) is 7.14. The van der Waals surface area contributed by atoms with Gasteiger partial charge in [0.25, 0.3) is 0 Å². The van der Waals surface area contributed by atoms with Crippen LogP contribution in [0.2, 0.25) is 0 Å². The number of sulfonamides is 1. The average Bonchev–Trinajstić information content (AvgIpc) is 2.56. The lowest BCUT2D eigenvalue weighted by molar-refractivity contribution is -0.153. The number of para-hydroxylation sites is 1. The Morgan fingerprint density at radius 3 is 2.48 bits per heavy atom. The van der Waals surface area contributed by atoms with E-state index >= 15 is 0 Å². The SMILES string of the molecule is CC(C)NC(=O)C1(C)CN(S(C)(=O)=O)CC(=O)N1CCOc1ccccc1. The van der Waals surface area contributed by atoms with Crippen molar-refractivity contribution in [3.05, 3.63) is 30.3 Å². The highest BCUT2D eigenvalue weighted by Crippen LogP contribution is 2.25. The lowest BCUT2D eigenvalue weighted by Crippen LogP contribution is -2.70. The predicted octanol–water partition coefficient (Wildman–Crippen LogP) is 0.453. The molecule has 1 N–H and O–H groups in total. The second kappa shape index (κ2) is 8.26. The van der Waals surface area contributed by atoms with E-state index in [0.29, 0.717) is 5.75 Å². The van der Waals surface area contributed by atoms with Crippen molar-refractivity contribution < 1.29 is 22.7 Å². The number of benzene rings is 1. The Hall–Kier alpha value is -2.13. The van der Waals surface area contributed by atoms with E-state index in [2.05, 4.69) is 5.32 Å². The molecule has 8 nitrogen and oxygen atoms in total. The van der Waals surface area contributed by atoms with E-state index in [1.165, 1.54) is 4.90 Å². The molecular formula is C18H27N3O5S. The number of carbonyl (C=O) groups excluding carboxylic acids is 2. The zero-order valence-corrected chi connectivity index (χ0v) is 17.0. The summed E-state index contributed by atoms with van der Waals surface area (Å²) in [6, 6.07) is 9.01. The molecular weight excluding hydrogens is 370 g/mol. The zero-order valence-electron chi connectivity index (χ0n) is 16.1. The van der Waals surface area contributed by atoms with E-state index in [1.807, 2.05) is 32.0 Å². The first-order valence-electron chi connectivity index (χ1n) is 8.78. The predicted molar refractivity (Wildman–Crippen MR) is 102 cm³/mol. The largest absolute Gasteiger partial charge is 0.492 e. The molecule has 0 saturated carbocycles. The normalized spacial score (nSPS) is 21.4. The van der Waals surface area contributed by atoms with Gasteiger partial charge >= 0.3 is 0 Å². The molecule has 1 aliphatic heterocycles. The van der Waals surface area contributed by atoms with Crippen molar-refractivity contribution in [1.29, 1.82) is 0 Å². The van der Waals surface area contributed by atoms with Crippen molar-refractivity contribution >= 4 is 21.8 Å². The van der Waals surface area contributed by atoms with Gasteiger partial charge < -0.3 is 15.0 Å². The van der Waals surface area contributed by atoms with Gasteiger partial charge in [0.15, 0.2) is 0 Å². The summed E-state index contributed by atoms with van der Waals surface area (Å²) >= 11 is 0. The number of ether oxygens (including phenoxy) is 1. The summed E-state index contributed by atoms with van der Waals surface area (Å²) in [5.74, 6) is -0.156. The van der Waals surface area contributed by atoms with E-state index in [9.17, 15) is 18.0 Å². The first kappa shape index (κ1) is 21.2. The van der Waals surface area contributed by atoms with Crippen LogP contribution in [0.3, 0.4) is 0 Å². The van der Waals surface area contributed by atoms with Crippen molar-refractivity contribution in [3.63, 3.8) is 0 Å². The third kappa shape index (κ3) is 5.20. The number of nitrogens with zero attached hydrogens (tertiary/aromatic N) is 2. The molecule has 1 unspecified atom stereocenters. The molecule has 0 bridgehead atoms. The lowest BCUT2D eigenvalue weighted by atomic mass is 9.95. The first-order chi connectivity index (χ1) is 12.5. The topological polar surface area (TPSA) is 96.0 Å². The van der Waals surface area contributed by atoms with E-state index in [1.54, 1.807) is 19.1 Å². The van der Waals surface area contributed by atoms with E-state index in [-0.39, 0.29) is 38.2 Å². The van der Waals surface area contributed by atoms with Gasteiger partial charge in [-0.25, -0.2) is 8.42 Å². The fourth-order valence-electron chi connectivity index (χ4n) is 2.99. The third-order valence-electron chi connectivity index (χ3n) is 4.40. The van der Waals surface area contributed by atoms with Gasteiger partial charge in [0.2, 0.25) is 21.8 Å². The van der Waals surface area contributed by atoms with Crippen molar-refractivity contribution in [2.24, 2.45) is 0 Å². The Labute approximate surface area is 160 Å². The Morgan fingerprint density at radius 1 is 1.30 bits per heavy atom. The lowest BCUT2D eigenvalue weighted by Gasteiger charge is -2.46. The maximum atomic E-state index is 12.8. The number of nitrogens with one attached hydrogen (secondary N) is 1. The summed E-state index contributed by atoms with van der Waals surface area (Å²) in [4.78, 5) is 26.9. The molecule has 2 rings (SSSR count). The van der Waals surface area contributed by atoms with Crippen LogP contribution in [0.4, 0.5) is 0 Å². The third-order valence-corrected chi connectivity index (χ3v) is 5.59. The van der Waals surface area contributed by atoms with Crippen LogP contribution >= 0.6 is 0 Å². The van der Waals surface area contributed by atoms with Crippen LogP contribution in [0, 0.1) is 0 Å². The molecule has 1 saturated heterocycles. The molecule has 1 atom stereocenters. The molecule has 150 valence electrons. The van der Waals surface area contributed by atoms with E-state index in [4.69, 9.17) is 4.74 Å². The van der Waals surface area contributed by atoms with Crippen LogP contribution in [0.15, 0.2) is 30.3 Å². The van der Waals surface area contributed by atoms with Crippen molar-refractivity contribution in [1.82, 2.24) is 14.5 Å². The van der Waals surface area contributed by atoms with Crippen molar-refractivity contribution in [2.45, 2.75) is 32.4 Å². The maximum absolute atomic E-state index is 12.8. The molecule has 0 aromatic heterocycles. The Morgan fingerprint density at radius 2 is 1.93 bits per heavy atom. The van der Waals surface area contributed by atoms with E-state index < -0.39 is 21.5 Å². The molecule has 1 fully saturated rings. The molecule has 1 aromatic rings. The monoisotopic (exact) mass is 397 g/mol. The molecule has 27 heavy (non-hydrogen) atoms. The Bertz CT molecular complexity index is 781. The number of carbonyl (C=O) groups is 2. The van der Waals surface area contributed by atoms with Crippen molar-refractivity contribution in [2.75, 3.05) is 32.5 Å². The number of amides is 2. The van der Waals surface area contributed by atoms with Crippen molar-refractivity contribution in [3.8, 4) is 5.75 Å². The van der Waals surface area contributed by atoms with Gasteiger partial charge in [-0.05, 0) is 32.9 Å². The molecule has 0 spiro atoms. The zero-order chi connectivity index (χ0) is 20.2. The summed E-state index contributed by atoms with van der Waals surface area (Å²) < 4.78 is 30.6. The number of hydrogen-bond acceptors (Lipinski definition) is 5. The molecule has 9 heteroatoms. The first-order valence-corrected chi connectivity index (χ1v) is 10.6. The average molecular weight is 397 g/mol. The summed E-state index contributed by atoms with van der Waals surface area (Å²) in [7, 11) is -3.60. The minimum atomic E-state index is -3.60. The van der Waals surface area contributed by atoms with Crippen LogP contribution in [0.25, 0.3) is 0 Å². The maximum Gasteiger partial charge on any atom is 0.247 e. The highest BCUT2D eigenvalue weighted by Gasteiger charge is 2.49. The highest BCUT2D eigenvalue weighted by molar-refractivity contribution is 7.88. The number of piperazine rings is 1. The van der Waals surface area contributed by atoms with Gasteiger partial charge in [0, 0.05) is 12.6 Å². The van der Waals surface area contributed by atoms with Crippen LogP contribution in [-0.4, -0.2) is 73.5 Å². The fourth-order valence-corrected chi connectivity index (χ4v) is 3.82. The minimum Gasteiger partial charge on any atom is -0.492 e. The fraction of sp³-hybridized carbons (Fsp3) is 0.556. The van der Waals surface area contributed by atoms with Gasteiger partial charge in [0.1, 0.15) is 17.9 Å². The van der Waals surface area contributed by atoms with Crippen LogP contribution < -0.4 is 10.1 Å². The van der Waals surface area contributed by atoms with Gasteiger partial charge in [-0.2, -0.15) is 4.31 Å². The molecule has 1 heterocycles. The minimum absolute atomic E-state index is 0.0958. The van der Waals surface area contributed by atoms with Crippen LogP contribution in [-0.2, 0) is 19.6 Å². The summed E-state index contributed by atoms with van der Waals surface area (Å²) in [6.45, 7) is 5.19. The second-order valence-corrected chi connectivity index (χ2v) is 9.12. The molecule has 1 aliphatic rings. The summed E-state index contributed by atoms with van der Waals surface area (Å²) in [5.41, 5.74) is -1.32. The molecule has 1 aromatic carbocycles. The standard InChI is InChI=1S/C18H27N3O5S/c1-14(2)19-17(23)18(3)13-20(27(4,24)25)12-16(22)21(18)10-11-26-15-8-6-5-7-9-15/h5-9,14H,10-13H2,1-4H3,(H,19,23). The summed E-state index contributed by atoms with van der Waals surface area (Å²) in [5, 5.41) is 2.79. The Balaban J connectivity index is 2.20. The molecule has 0 radical (unpaired) electrons. The van der Waals surface area contributed by atoms with Gasteiger partial charge in [-0.1, -0.05) is 18.2 Å². The summed E-state index contributed by atoms with van der Waals surface area (Å²) in [6.07, 6.45) is 1.04. The highest BCUT2D eigenvalue weighted by atomic mass is 32.2. The van der Waals surface area contributed by atoms with Crippen LogP contribution in [0.5, 0.6) is 5.75 Å². The van der Waals surface area contributed by atoms with Gasteiger partial charge in [-0.3, -0.25) is 9.59 Å². The number of rotatable bonds is 7. The number of hydrogen-bond donors (Lipinski definition) is 1. The van der Waals surface area contributed by atoms with Gasteiger partial charge in [-0.15, -0.1) is 0 Å². The van der Waals surface area contributed by atoms with Crippen LogP contribution in [0.1, 0.15) is 20.8 Å². The quantitative estimate of drug-likeness (QED) is 0.721. The van der Waals surface area contributed by atoms with E-state index in [0.717, 1.165) is 10.6 Å². The molecule has 2 amide bonds. The van der Waals surface area contributed by atoms with Gasteiger partial charge in [0.05, 0.1) is 19.3 Å².